The molecule has 2 aliphatic rings. The first kappa shape index (κ1) is 9.51. The Labute approximate surface area is 82.3 Å². The zero-order valence-electron chi connectivity index (χ0n) is 9.48. The second-order valence-electron chi connectivity index (χ2n) is 6.07. The summed E-state index contributed by atoms with van der Waals surface area (Å²) >= 11 is 0. The lowest BCUT2D eigenvalue weighted by atomic mass is 9.69. The minimum atomic E-state index is 0.370. The Kier molecular flexibility index (Phi) is 1.99. The van der Waals surface area contributed by atoms with Gasteiger partial charge in [-0.25, -0.2) is 0 Å². The summed E-state index contributed by atoms with van der Waals surface area (Å²) in [7, 11) is 0. The molecule has 1 saturated heterocycles. The molecule has 1 aliphatic heterocycles. The van der Waals surface area contributed by atoms with Crippen molar-refractivity contribution in [3.63, 3.8) is 0 Å². The van der Waals surface area contributed by atoms with E-state index in [4.69, 9.17) is 0 Å². The van der Waals surface area contributed by atoms with E-state index in [0.29, 0.717) is 11.1 Å². The van der Waals surface area contributed by atoms with Crippen molar-refractivity contribution in [2.24, 2.45) is 11.8 Å². The van der Waals surface area contributed by atoms with Crippen LogP contribution in [0.3, 0.4) is 0 Å². The fraction of sp³-hybridized carbons (Fsp3) is 1.00. The Balaban J connectivity index is 2.25. The molecule has 1 N–H and O–H groups in total. The van der Waals surface area contributed by atoms with Crippen LogP contribution in [-0.2, 0) is 0 Å². The van der Waals surface area contributed by atoms with Crippen LogP contribution in [0.25, 0.3) is 0 Å². The number of fused-ring (bicyclic) bond motifs is 1. The predicted octanol–water partition coefficient (Wildman–Crippen LogP) is 2.95. The summed E-state index contributed by atoms with van der Waals surface area (Å²) < 4.78 is 0. The van der Waals surface area contributed by atoms with Crippen molar-refractivity contribution >= 4 is 0 Å². The second kappa shape index (κ2) is 2.73. The van der Waals surface area contributed by atoms with E-state index in [1.165, 1.54) is 25.7 Å². The molecule has 0 spiro atoms. The third kappa shape index (κ3) is 1.41. The van der Waals surface area contributed by atoms with Crippen LogP contribution >= 0.6 is 0 Å². The molecule has 0 radical (unpaired) electrons. The summed E-state index contributed by atoms with van der Waals surface area (Å²) in [5.41, 5.74) is 0.739. The first-order chi connectivity index (χ1) is 5.93. The zero-order valence-corrected chi connectivity index (χ0v) is 9.48. The Hall–Kier alpha value is -0.0400. The van der Waals surface area contributed by atoms with E-state index in [1.807, 2.05) is 0 Å². The molecular weight excluding hydrogens is 158 g/mol. The molecule has 1 heteroatoms. The van der Waals surface area contributed by atoms with E-state index in [-0.39, 0.29) is 0 Å². The smallest absolute Gasteiger partial charge is 0.0161 e. The molecule has 2 atom stereocenters. The van der Waals surface area contributed by atoms with Crippen LogP contribution in [0.4, 0.5) is 0 Å². The molecule has 0 amide bonds. The molecule has 76 valence electrons. The van der Waals surface area contributed by atoms with Gasteiger partial charge in [-0.15, -0.1) is 0 Å². The average Bonchev–Trinajstić information content (AvgIpc) is 2.20. The molecule has 0 aromatic rings. The molecular formula is C12H23N. The van der Waals surface area contributed by atoms with Crippen LogP contribution in [0.1, 0.15) is 53.4 Å². The third-order valence-corrected chi connectivity index (χ3v) is 4.26. The van der Waals surface area contributed by atoms with Gasteiger partial charge in [0.2, 0.25) is 0 Å². The standard InChI is InChI=1S/C12H23N/c1-11(2)9-7-5-6-8-10(9)12(3,4)13-11/h9-10,13H,5-8H2,1-4H3. The van der Waals surface area contributed by atoms with Crippen LogP contribution in [0.2, 0.25) is 0 Å². The van der Waals surface area contributed by atoms with Gasteiger partial charge in [0.1, 0.15) is 0 Å². The maximum Gasteiger partial charge on any atom is 0.0161 e. The lowest BCUT2D eigenvalue weighted by molar-refractivity contribution is 0.192. The van der Waals surface area contributed by atoms with Gasteiger partial charge >= 0.3 is 0 Å². The Morgan fingerprint density at radius 1 is 0.846 bits per heavy atom. The minimum Gasteiger partial charge on any atom is -0.306 e. The minimum absolute atomic E-state index is 0.370. The number of hydrogen-bond donors (Lipinski definition) is 1. The van der Waals surface area contributed by atoms with Crippen molar-refractivity contribution in [3.8, 4) is 0 Å². The van der Waals surface area contributed by atoms with Crippen LogP contribution in [0.5, 0.6) is 0 Å². The van der Waals surface area contributed by atoms with Crippen molar-refractivity contribution < 1.29 is 0 Å². The lowest BCUT2D eigenvalue weighted by Gasteiger charge is -2.34. The molecule has 2 rings (SSSR count). The van der Waals surface area contributed by atoms with Crippen LogP contribution < -0.4 is 5.32 Å². The first-order valence-electron chi connectivity index (χ1n) is 5.73. The predicted molar refractivity (Wildman–Crippen MR) is 56.7 cm³/mol. The largest absolute Gasteiger partial charge is 0.306 e. The fourth-order valence-corrected chi connectivity index (χ4v) is 3.87. The van der Waals surface area contributed by atoms with Gasteiger partial charge in [0.05, 0.1) is 0 Å². The van der Waals surface area contributed by atoms with E-state index < -0.39 is 0 Å². The second-order valence-corrected chi connectivity index (χ2v) is 6.07. The van der Waals surface area contributed by atoms with Crippen molar-refractivity contribution in [2.45, 2.75) is 64.5 Å². The summed E-state index contributed by atoms with van der Waals surface area (Å²) in [6.07, 6.45) is 5.77. The summed E-state index contributed by atoms with van der Waals surface area (Å²) in [4.78, 5) is 0. The maximum absolute atomic E-state index is 3.81. The molecule has 1 saturated carbocycles. The van der Waals surface area contributed by atoms with Gasteiger partial charge in [0.15, 0.2) is 0 Å². The topological polar surface area (TPSA) is 12.0 Å². The number of rotatable bonds is 0. The van der Waals surface area contributed by atoms with Gasteiger partial charge < -0.3 is 5.32 Å². The van der Waals surface area contributed by atoms with Gasteiger partial charge in [0, 0.05) is 11.1 Å². The van der Waals surface area contributed by atoms with Crippen LogP contribution in [0.15, 0.2) is 0 Å². The van der Waals surface area contributed by atoms with Crippen LogP contribution in [0, 0.1) is 11.8 Å². The maximum atomic E-state index is 3.81. The third-order valence-electron chi connectivity index (χ3n) is 4.26. The Morgan fingerprint density at radius 3 is 1.62 bits per heavy atom. The van der Waals surface area contributed by atoms with Gasteiger partial charge in [-0.1, -0.05) is 12.8 Å². The monoisotopic (exact) mass is 181 g/mol. The molecule has 2 unspecified atom stereocenters. The zero-order chi connectivity index (χ0) is 9.69. The average molecular weight is 181 g/mol. The molecule has 1 nitrogen and oxygen atoms in total. The van der Waals surface area contributed by atoms with Crippen LogP contribution in [-0.4, -0.2) is 11.1 Å². The van der Waals surface area contributed by atoms with Gasteiger partial charge in [0.25, 0.3) is 0 Å². The summed E-state index contributed by atoms with van der Waals surface area (Å²) in [6, 6.07) is 0. The van der Waals surface area contributed by atoms with Crippen molar-refractivity contribution in [1.82, 2.24) is 5.32 Å². The molecule has 0 bridgehead atoms. The number of hydrogen-bond acceptors (Lipinski definition) is 1. The summed E-state index contributed by atoms with van der Waals surface area (Å²) in [5.74, 6) is 1.83. The molecule has 0 aromatic heterocycles. The highest BCUT2D eigenvalue weighted by Crippen LogP contribution is 2.48. The molecule has 1 aliphatic carbocycles. The quantitative estimate of drug-likeness (QED) is 0.606. The first-order valence-corrected chi connectivity index (χ1v) is 5.73. The van der Waals surface area contributed by atoms with E-state index in [2.05, 4.69) is 33.0 Å². The molecule has 1 heterocycles. The van der Waals surface area contributed by atoms with E-state index in [1.54, 1.807) is 0 Å². The van der Waals surface area contributed by atoms with Gasteiger partial charge in [-0.05, 0) is 52.4 Å². The molecule has 13 heavy (non-hydrogen) atoms. The highest BCUT2D eigenvalue weighted by Gasteiger charge is 2.51. The van der Waals surface area contributed by atoms with E-state index in [0.717, 1.165) is 11.8 Å². The van der Waals surface area contributed by atoms with Crippen molar-refractivity contribution in [1.29, 1.82) is 0 Å². The highest BCUT2D eigenvalue weighted by molar-refractivity contribution is 5.09. The lowest BCUT2D eigenvalue weighted by Crippen LogP contribution is -2.45. The van der Waals surface area contributed by atoms with Gasteiger partial charge in [-0.2, -0.15) is 0 Å². The Bertz CT molecular complexity index is 183. The SMILES string of the molecule is CC1(C)NC(C)(C)C2CCCCC21. The van der Waals surface area contributed by atoms with Crippen molar-refractivity contribution in [3.05, 3.63) is 0 Å². The highest BCUT2D eigenvalue weighted by atomic mass is 15.1. The molecule has 0 aromatic carbocycles. The van der Waals surface area contributed by atoms with Crippen molar-refractivity contribution in [2.75, 3.05) is 0 Å². The van der Waals surface area contributed by atoms with Gasteiger partial charge in [-0.3, -0.25) is 0 Å². The van der Waals surface area contributed by atoms with E-state index in [9.17, 15) is 0 Å². The van der Waals surface area contributed by atoms with E-state index >= 15 is 0 Å². The normalized spacial score (nSPS) is 41.5. The fourth-order valence-electron chi connectivity index (χ4n) is 3.87. The summed E-state index contributed by atoms with van der Waals surface area (Å²) in [6.45, 7) is 9.52. The molecule has 2 fully saturated rings. The number of nitrogens with one attached hydrogen (secondary N) is 1. The summed E-state index contributed by atoms with van der Waals surface area (Å²) in [5, 5.41) is 3.81. The Morgan fingerprint density at radius 2 is 1.23 bits per heavy atom.